The summed E-state index contributed by atoms with van der Waals surface area (Å²) >= 11 is 0. The first-order chi connectivity index (χ1) is 9.10. The predicted molar refractivity (Wildman–Crippen MR) is 74.0 cm³/mol. The van der Waals surface area contributed by atoms with Gasteiger partial charge in [0.2, 0.25) is 5.91 Å². The van der Waals surface area contributed by atoms with Crippen LogP contribution in [0.15, 0.2) is 18.2 Å². The maximum Gasteiger partial charge on any atom is 0.340 e. The summed E-state index contributed by atoms with van der Waals surface area (Å²) in [4.78, 5) is 22.9. The lowest BCUT2D eigenvalue weighted by atomic mass is 10.1. The molecule has 1 aromatic rings. The van der Waals surface area contributed by atoms with Gasteiger partial charge in [0.15, 0.2) is 0 Å². The number of esters is 1. The zero-order chi connectivity index (χ0) is 14.3. The number of anilines is 2. The number of para-hydroxylation sites is 1. The molecule has 0 aromatic heterocycles. The van der Waals surface area contributed by atoms with E-state index in [9.17, 15) is 9.59 Å². The summed E-state index contributed by atoms with van der Waals surface area (Å²) in [6, 6.07) is 5.01. The Morgan fingerprint density at radius 1 is 1.37 bits per heavy atom. The molecule has 0 bridgehead atoms. The van der Waals surface area contributed by atoms with Gasteiger partial charge in [0.05, 0.1) is 23.5 Å². The molecule has 6 heteroatoms. The van der Waals surface area contributed by atoms with Gasteiger partial charge in [-0.05, 0) is 19.1 Å². The monoisotopic (exact) mass is 265 g/mol. The number of rotatable bonds is 6. The Hall–Kier alpha value is -2.24. The zero-order valence-electron chi connectivity index (χ0n) is 11.2. The highest BCUT2D eigenvalue weighted by atomic mass is 16.5. The number of benzene rings is 1. The van der Waals surface area contributed by atoms with Crippen LogP contribution in [0.1, 0.15) is 23.7 Å². The third-order valence-electron chi connectivity index (χ3n) is 2.52. The molecule has 0 saturated carbocycles. The molecule has 0 aliphatic heterocycles. The van der Waals surface area contributed by atoms with Crippen molar-refractivity contribution in [1.82, 2.24) is 5.32 Å². The lowest BCUT2D eigenvalue weighted by molar-refractivity contribution is -0.120. The number of nitrogen functional groups attached to an aromatic ring is 1. The predicted octanol–water partition coefficient (Wildman–Crippen LogP) is 0.994. The lowest BCUT2D eigenvalue weighted by Crippen LogP contribution is -2.21. The van der Waals surface area contributed by atoms with Gasteiger partial charge in [-0.25, -0.2) is 4.79 Å². The number of nitrogens with one attached hydrogen (secondary N) is 2. The number of ether oxygens (including phenoxy) is 1. The van der Waals surface area contributed by atoms with Gasteiger partial charge in [0.1, 0.15) is 0 Å². The van der Waals surface area contributed by atoms with Crippen molar-refractivity contribution in [3.63, 3.8) is 0 Å². The first-order valence-corrected chi connectivity index (χ1v) is 6.10. The largest absolute Gasteiger partial charge is 0.462 e. The van der Waals surface area contributed by atoms with E-state index in [4.69, 9.17) is 10.5 Å². The third-order valence-corrected chi connectivity index (χ3v) is 2.52. The van der Waals surface area contributed by atoms with E-state index in [0.717, 1.165) is 0 Å². The van der Waals surface area contributed by atoms with E-state index in [1.54, 1.807) is 32.2 Å². The van der Waals surface area contributed by atoms with Crippen molar-refractivity contribution >= 4 is 23.3 Å². The van der Waals surface area contributed by atoms with Crippen LogP contribution in [0.3, 0.4) is 0 Å². The normalized spacial score (nSPS) is 9.79. The van der Waals surface area contributed by atoms with Crippen LogP contribution in [0.25, 0.3) is 0 Å². The van der Waals surface area contributed by atoms with E-state index in [-0.39, 0.29) is 5.91 Å². The molecule has 0 fully saturated rings. The Balaban J connectivity index is 2.80. The highest BCUT2D eigenvalue weighted by Gasteiger charge is 2.14. The van der Waals surface area contributed by atoms with Crippen molar-refractivity contribution in [2.75, 3.05) is 31.2 Å². The topological polar surface area (TPSA) is 93.4 Å². The van der Waals surface area contributed by atoms with Gasteiger partial charge in [-0.1, -0.05) is 6.07 Å². The van der Waals surface area contributed by atoms with Gasteiger partial charge in [-0.2, -0.15) is 0 Å². The second-order valence-electron chi connectivity index (χ2n) is 3.84. The summed E-state index contributed by atoms with van der Waals surface area (Å²) in [7, 11) is 1.57. The number of nitrogens with two attached hydrogens (primary N) is 1. The number of carbonyl (C=O) groups excluding carboxylic acids is 2. The number of carbonyl (C=O) groups is 2. The van der Waals surface area contributed by atoms with Crippen LogP contribution < -0.4 is 16.4 Å². The second-order valence-corrected chi connectivity index (χ2v) is 3.84. The quantitative estimate of drug-likeness (QED) is 0.527. The SMILES string of the molecule is CCOC(=O)c1cccc(N)c1NCCC(=O)NC. The molecule has 0 heterocycles. The number of hydrogen-bond acceptors (Lipinski definition) is 5. The molecule has 0 unspecified atom stereocenters. The van der Waals surface area contributed by atoms with Crippen molar-refractivity contribution in [2.45, 2.75) is 13.3 Å². The van der Waals surface area contributed by atoms with Crippen LogP contribution in [0.2, 0.25) is 0 Å². The minimum Gasteiger partial charge on any atom is -0.462 e. The van der Waals surface area contributed by atoms with E-state index in [2.05, 4.69) is 10.6 Å². The smallest absolute Gasteiger partial charge is 0.340 e. The van der Waals surface area contributed by atoms with Crippen LogP contribution in [0, 0.1) is 0 Å². The molecule has 1 aromatic carbocycles. The fraction of sp³-hybridized carbons (Fsp3) is 0.385. The lowest BCUT2D eigenvalue weighted by Gasteiger charge is -2.13. The average molecular weight is 265 g/mol. The molecular formula is C13H19N3O3. The fourth-order valence-electron chi connectivity index (χ4n) is 1.57. The van der Waals surface area contributed by atoms with Crippen molar-refractivity contribution in [1.29, 1.82) is 0 Å². The van der Waals surface area contributed by atoms with Gasteiger partial charge in [-0.3, -0.25) is 4.79 Å². The minimum atomic E-state index is -0.433. The van der Waals surface area contributed by atoms with E-state index >= 15 is 0 Å². The Kier molecular flexibility index (Phi) is 5.66. The Bertz CT molecular complexity index is 460. The zero-order valence-corrected chi connectivity index (χ0v) is 11.2. The molecule has 0 spiro atoms. The van der Waals surface area contributed by atoms with E-state index in [1.165, 1.54) is 0 Å². The highest BCUT2D eigenvalue weighted by molar-refractivity contribution is 5.98. The molecule has 1 amide bonds. The molecule has 0 aliphatic carbocycles. The van der Waals surface area contributed by atoms with Crippen LogP contribution in [-0.2, 0) is 9.53 Å². The van der Waals surface area contributed by atoms with E-state index in [1.807, 2.05) is 0 Å². The van der Waals surface area contributed by atoms with Gasteiger partial charge in [-0.15, -0.1) is 0 Å². The van der Waals surface area contributed by atoms with Crippen LogP contribution in [-0.4, -0.2) is 32.1 Å². The van der Waals surface area contributed by atoms with Crippen molar-refractivity contribution < 1.29 is 14.3 Å². The van der Waals surface area contributed by atoms with Crippen LogP contribution >= 0.6 is 0 Å². The van der Waals surface area contributed by atoms with Gasteiger partial charge in [0, 0.05) is 20.0 Å². The summed E-state index contributed by atoms with van der Waals surface area (Å²) in [6.07, 6.45) is 0.299. The van der Waals surface area contributed by atoms with E-state index < -0.39 is 5.97 Å². The first-order valence-electron chi connectivity index (χ1n) is 6.10. The van der Waals surface area contributed by atoms with Crippen molar-refractivity contribution in [3.05, 3.63) is 23.8 Å². The summed E-state index contributed by atoms with van der Waals surface area (Å²) in [5, 5.41) is 5.52. The minimum absolute atomic E-state index is 0.0836. The second kappa shape index (κ2) is 7.25. The summed E-state index contributed by atoms with van der Waals surface area (Å²) in [6.45, 7) is 2.43. The Morgan fingerprint density at radius 3 is 2.74 bits per heavy atom. The van der Waals surface area contributed by atoms with E-state index in [0.29, 0.717) is 36.5 Å². The number of amides is 1. The standard InChI is InChI=1S/C13H19N3O3/c1-3-19-13(18)9-5-4-6-10(14)12(9)16-8-7-11(17)15-2/h4-6,16H,3,7-8,14H2,1-2H3,(H,15,17). The molecule has 104 valence electrons. The molecule has 4 N–H and O–H groups in total. The fourth-order valence-corrected chi connectivity index (χ4v) is 1.57. The Morgan fingerprint density at radius 2 is 2.11 bits per heavy atom. The van der Waals surface area contributed by atoms with Gasteiger partial charge >= 0.3 is 5.97 Å². The molecule has 0 aliphatic rings. The molecule has 19 heavy (non-hydrogen) atoms. The van der Waals surface area contributed by atoms with Gasteiger partial charge < -0.3 is 21.1 Å². The first kappa shape index (κ1) is 14.8. The summed E-state index contributed by atoms with van der Waals surface area (Å²) < 4.78 is 4.96. The molecular weight excluding hydrogens is 246 g/mol. The summed E-state index contributed by atoms with van der Waals surface area (Å²) in [5.41, 5.74) is 7.16. The number of hydrogen-bond donors (Lipinski definition) is 3. The van der Waals surface area contributed by atoms with Crippen molar-refractivity contribution in [3.8, 4) is 0 Å². The Labute approximate surface area is 112 Å². The third kappa shape index (κ3) is 4.17. The molecule has 0 atom stereocenters. The maximum absolute atomic E-state index is 11.8. The van der Waals surface area contributed by atoms with Crippen molar-refractivity contribution in [2.24, 2.45) is 0 Å². The highest BCUT2D eigenvalue weighted by Crippen LogP contribution is 2.24. The maximum atomic E-state index is 11.8. The molecule has 0 saturated heterocycles. The molecule has 6 nitrogen and oxygen atoms in total. The molecule has 1 rings (SSSR count). The van der Waals surface area contributed by atoms with Crippen LogP contribution in [0.5, 0.6) is 0 Å². The molecule has 0 radical (unpaired) electrons. The van der Waals surface area contributed by atoms with Crippen LogP contribution in [0.4, 0.5) is 11.4 Å². The van der Waals surface area contributed by atoms with Gasteiger partial charge in [0.25, 0.3) is 0 Å². The average Bonchev–Trinajstić information content (AvgIpc) is 2.40. The summed E-state index contributed by atoms with van der Waals surface area (Å²) in [5.74, 6) is -0.517.